The molecule has 5 nitrogen and oxygen atoms in total. The maximum atomic E-state index is 12.2. The molecule has 0 bridgehead atoms. The summed E-state index contributed by atoms with van der Waals surface area (Å²) in [4.78, 5) is 28.9. The summed E-state index contributed by atoms with van der Waals surface area (Å²) in [5.41, 5.74) is 0.859. The van der Waals surface area contributed by atoms with Crippen LogP contribution in [0.15, 0.2) is 24.5 Å². The van der Waals surface area contributed by atoms with Gasteiger partial charge in [-0.25, -0.2) is 0 Å². The summed E-state index contributed by atoms with van der Waals surface area (Å²) < 4.78 is 0. The van der Waals surface area contributed by atoms with Crippen molar-refractivity contribution >= 4 is 11.9 Å². The zero-order valence-electron chi connectivity index (χ0n) is 11.0. The van der Waals surface area contributed by atoms with Crippen LogP contribution >= 0.6 is 0 Å². The third-order valence-electron chi connectivity index (χ3n) is 3.44. The Labute approximate surface area is 112 Å². The number of rotatable bonds is 3. The van der Waals surface area contributed by atoms with Crippen molar-refractivity contribution in [2.75, 3.05) is 13.1 Å². The third-order valence-corrected chi connectivity index (χ3v) is 3.44. The van der Waals surface area contributed by atoms with Gasteiger partial charge in [-0.05, 0) is 24.0 Å². The van der Waals surface area contributed by atoms with Gasteiger partial charge in [-0.3, -0.25) is 14.6 Å². The van der Waals surface area contributed by atoms with Crippen LogP contribution < -0.4 is 0 Å². The van der Waals surface area contributed by atoms with E-state index < -0.39 is 11.9 Å². The molecule has 1 aromatic rings. The smallest absolute Gasteiger partial charge is 0.308 e. The number of nitrogens with zero attached hydrogens (tertiary/aromatic N) is 2. The predicted molar refractivity (Wildman–Crippen MR) is 69.4 cm³/mol. The lowest BCUT2D eigenvalue weighted by Crippen LogP contribution is -2.46. The number of pyridine rings is 1. The monoisotopic (exact) mass is 262 g/mol. The first-order valence-electron chi connectivity index (χ1n) is 6.45. The van der Waals surface area contributed by atoms with Crippen LogP contribution in [0.5, 0.6) is 0 Å². The molecule has 0 spiro atoms. The van der Waals surface area contributed by atoms with Gasteiger partial charge in [0.2, 0.25) is 5.91 Å². The van der Waals surface area contributed by atoms with E-state index in [9.17, 15) is 9.59 Å². The van der Waals surface area contributed by atoms with Gasteiger partial charge in [-0.1, -0.05) is 13.0 Å². The van der Waals surface area contributed by atoms with Crippen LogP contribution in [-0.2, 0) is 16.0 Å². The molecular weight excluding hydrogens is 244 g/mol. The second kappa shape index (κ2) is 5.82. The highest BCUT2D eigenvalue weighted by atomic mass is 16.4. The van der Waals surface area contributed by atoms with Crippen LogP contribution in [-0.4, -0.2) is 40.0 Å². The average molecular weight is 262 g/mol. The SMILES string of the molecule is CC1CC(C(=O)O)CN(C(=O)Cc2cccnc2)C1. The Balaban J connectivity index is 2.00. The van der Waals surface area contributed by atoms with E-state index in [1.807, 2.05) is 13.0 Å². The van der Waals surface area contributed by atoms with Crippen molar-refractivity contribution in [3.05, 3.63) is 30.1 Å². The normalized spacial score (nSPS) is 23.1. The van der Waals surface area contributed by atoms with Crippen LogP contribution in [0.4, 0.5) is 0 Å². The molecule has 19 heavy (non-hydrogen) atoms. The van der Waals surface area contributed by atoms with E-state index in [2.05, 4.69) is 4.98 Å². The zero-order valence-corrected chi connectivity index (χ0v) is 11.0. The number of amides is 1. The molecule has 1 aromatic heterocycles. The molecule has 2 atom stereocenters. The number of carbonyl (C=O) groups excluding carboxylic acids is 1. The maximum Gasteiger partial charge on any atom is 0.308 e. The minimum absolute atomic E-state index is 0.0224. The van der Waals surface area contributed by atoms with Gasteiger partial charge in [0.1, 0.15) is 0 Å². The number of carboxylic acids is 1. The van der Waals surface area contributed by atoms with Gasteiger partial charge in [-0.2, -0.15) is 0 Å². The molecule has 1 aliphatic heterocycles. The summed E-state index contributed by atoms with van der Waals surface area (Å²) in [6.07, 6.45) is 4.26. The van der Waals surface area contributed by atoms with E-state index in [4.69, 9.17) is 5.11 Å². The van der Waals surface area contributed by atoms with Crippen LogP contribution in [0.1, 0.15) is 18.9 Å². The van der Waals surface area contributed by atoms with Gasteiger partial charge >= 0.3 is 5.97 Å². The van der Waals surface area contributed by atoms with E-state index in [1.54, 1.807) is 23.4 Å². The van der Waals surface area contributed by atoms with Gasteiger partial charge in [0.15, 0.2) is 0 Å². The molecule has 102 valence electrons. The molecular formula is C14H18N2O3. The van der Waals surface area contributed by atoms with Gasteiger partial charge in [-0.15, -0.1) is 0 Å². The molecule has 2 heterocycles. The molecule has 0 aliphatic carbocycles. The number of piperidine rings is 1. The zero-order chi connectivity index (χ0) is 13.8. The molecule has 0 saturated carbocycles. The first-order valence-corrected chi connectivity index (χ1v) is 6.45. The highest BCUT2D eigenvalue weighted by Crippen LogP contribution is 2.22. The summed E-state index contributed by atoms with van der Waals surface area (Å²) in [5, 5.41) is 9.10. The van der Waals surface area contributed by atoms with Gasteiger partial charge in [0, 0.05) is 25.5 Å². The highest BCUT2D eigenvalue weighted by Gasteiger charge is 2.31. The Morgan fingerprint density at radius 2 is 2.26 bits per heavy atom. The molecule has 5 heteroatoms. The van der Waals surface area contributed by atoms with Crippen molar-refractivity contribution in [2.45, 2.75) is 19.8 Å². The molecule has 1 amide bonds. The number of aromatic nitrogens is 1. The van der Waals surface area contributed by atoms with Crippen LogP contribution in [0.3, 0.4) is 0 Å². The number of aliphatic carboxylic acids is 1. The van der Waals surface area contributed by atoms with Crippen molar-refractivity contribution in [1.29, 1.82) is 0 Å². The fraction of sp³-hybridized carbons (Fsp3) is 0.500. The number of carboxylic acid groups (broad SMARTS) is 1. The predicted octanol–water partition coefficient (Wildman–Crippen LogP) is 1.19. The lowest BCUT2D eigenvalue weighted by Gasteiger charge is -2.34. The van der Waals surface area contributed by atoms with Crippen molar-refractivity contribution in [1.82, 2.24) is 9.88 Å². The van der Waals surface area contributed by atoms with Gasteiger partial charge < -0.3 is 10.0 Å². The summed E-state index contributed by atoms with van der Waals surface area (Å²) in [7, 11) is 0. The molecule has 0 radical (unpaired) electrons. The Kier molecular flexibility index (Phi) is 4.14. The Bertz CT molecular complexity index is 461. The van der Waals surface area contributed by atoms with Crippen molar-refractivity contribution in [3.63, 3.8) is 0 Å². The van der Waals surface area contributed by atoms with Crippen molar-refractivity contribution in [3.8, 4) is 0 Å². The average Bonchev–Trinajstić information content (AvgIpc) is 2.39. The van der Waals surface area contributed by atoms with Crippen LogP contribution in [0, 0.1) is 11.8 Å². The molecule has 1 aliphatic rings. The van der Waals surface area contributed by atoms with Crippen molar-refractivity contribution in [2.24, 2.45) is 11.8 Å². The van der Waals surface area contributed by atoms with Crippen molar-refractivity contribution < 1.29 is 14.7 Å². The molecule has 2 unspecified atom stereocenters. The number of carbonyl (C=O) groups is 2. The van der Waals surface area contributed by atoms with Gasteiger partial charge in [0.25, 0.3) is 0 Å². The number of likely N-dealkylation sites (tertiary alicyclic amines) is 1. The highest BCUT2D eigenvalue weighted by molar-refractivity contribution is 5.80. The minimum atomic E-state index is -0.814. The second-order valence-corrected chi connectivity index (χ2v) is 5.21. The largest absolute Gasteiger partial charge is 0.481 e. The Hall–Kier alpha value is -1.91. The van der Waals surface area contributed by atoms with E-state index in [1.165, 1.54) is 0 Å². The molecule has 1 saturated heterocycles. The summed E-state index contributed by atoms with van der Waals surface area (Å²) >= 11 is 0. The Morgan fingerprint density at radius 3 is 2.89 bits per heavy atom. The lowest BCUT2D eigenvalue weighted by molar-refractivity contribution is -0.146. The van der Waals surface area contributed by atoms with Gasteiger partial charge in [0.05, 0.1) is 12.3 Å². The molecule has 2 rings (SSSR count). The van der Waals surface area contributed by atoms with E-state index in [0.717, 1.165) is 5.56 Å². The lowest BCUT2D eigenvalue weighted by atomic mass is 9.90. The summed E-state index contributed by atoms with van der Waals surface area (Å²) in [6.45, 7) is 2.95. The first kappa shape index (κ1) is 13.5. The van der Waals surface area contributed by atoms with E-state index in [0.29, 0.717) is 19.5 Å². The Morgan fingerprint density at radius 1 is 1.47 bits per heavy atom. The summed E-state index contributed by atoms with van der Waals surface area (Å²) in [6, 6.07) is 3.65. The topological polar surface area (TPSA) is 70.5 Å². The summed E-state index contributed by atoms with van der Waals surface area (Å²) in [5.74, 6) is -1.05. The fourth-order valence-corrected chi connectivity index (χ4v) is 2.52. The quantitative estimate of drug-likeness (QED) is 0.888. The minimum Gasteiger partial charge on any atom is -0.481 e. The molecule has 1 N–H and O–H groups in total. The number of hydrogen-bond acceptors (Lipinski definition) is 3. The standard InChI is InChI=1S/C14H18N2O3/c1-10-5-12(14(18)19)9-16(8-10)13(17)6-11-3-2-4-15-7-11/h2-4,7,10,12H,5-6,8-9H2,1H3,(H,18,19). The second-order valence-electron chi connectivity index (χ2n) is 5.21. The van der Waals surface area contributed by atoms with Crippen LogP contribution in [0.25, 0.3) is 0 Å². The molecule has 1 fully saturated rings. The molecule has 0 aromatic carbocycles. The van der Waals surface area contributed by atoms with Crippen LogP contribution in [0.2, 0.25) is 0 Å². The van der Waals surface area contributed by atoms with E-state index in [-0.39, 0.29) is 18.2 Å². The first-order chi connectivity index (χ1) is 9.06. The maximum absolute atomic E-state index is 12.2. The third kappa shape index (κ3) is 3.53. The van der Waals surface area contributed by atoms with E-state index >= 15 is 0 Å². The number of hydrogen-bond donors (Lipinski definition) is 1. The fourth-order valence-electron chi connectivity index (χ4n) is 2.52.